The molecule has 0 bridgehead atoms. The summed E-state index contributed by atoms with van der Waals surface area (Å²) in [5, 5.41) is 10.8. The van der Waals surface area contributed by atoms with Crippen molar-refractivity contribution in [1.82, 2.24) is 15.5 Å². The van der Waals surface area contributed by atoms with Crippen molar-refractivity contribution in [1.29, 1.82) is 0 Å². The third kappa shape index (κ3) is 7.57. The Morgan fingerprint density at radius 2 is 2.14 bits per heavy atom. The van der Waals surface area contributed by atoms with Gasteiger partial charge in [-0.25, -0.2) is 0 Å². The molecule has 29 heavy (non-hydrogen) atoms. The molecule has 0 saturated heterocycles. The topological polar surface area (TPSA) is 56.7 Å². The van der Waals surface area contributed by atoms with Crippen LogP contribution in [0.2, 0.25) is 0 Å². The van der Waals surface area contributed by atoms with Crippen LogP contribution in [0.3, 0.4) is 0 Å². The van der Waals surface area contributed by atoms with Gasteiger partial charge in [0.05, 0.1) is 0 Å². The molecule has 3 heterocycles. The minimum absolute atomic E-state index is 0. The lowest BCUT2D eigenvalue weighted by Gasteiger charge is -2.27. The highest BCUT2D eigenvalue weighted by Gasteiger charge is 2.21. The molecule has 0 radical (unpaired) electrons. The van der Waals surface area contributed by atoms with Crippen molar-refractivity contribution < 1.29 is 4.79 Å². The highest BCUT2D eigenvalue weighted by Crippen LogP contribution is 2.24. The van der Waals surface area contributed by atoms with Crippen LogP contribution in [-0.4, -0.2) is 42.9 Å². The number of hydrogen-bond donors (Lipinski definition) is 2. The van der Waals surface area contributed by atoms with E-state index in [-0.39, 0.29) is 29.9 Å². The highest BCUT2D eigenvalue weighted by atomic mass is 127. The minimum atomic E-state index is 0. The molecule has 0 aliphatic carbocycles. The Balaban J connectivity index is 0.00000300. The normalized spacial score (nSPS) is 14.7. The summed E-state index contributed by atoms with van der Waals surface area (Å²) in [6, 6.07) is 6.42. The van der Waals surface area contributed by atoms with Gasteiger partial charge in [0.25, 0.3) is 0 Å². The second kappa shape index (κ2) is 12.5. The molecule has 0 aromatic carbocycles. The van der Waals surface area contributed by atoms with Crippen LogP contribution in [0.25, 0.3) is 0 Å². The number of thiophene rings is 2. The molecule has 2 N–H and O–H groups in total. The molecule has 160 valence electrons. The van der Waals surface area contributed by atoms with Gasteiger partial charge in [0.2, 0.25) is 5.91 Å². The van der Waals surface area contributed by atoms with Gasteiger partial charge in [-0.2, -0.15) is 0 Å². The van der Waals surface area contributed by atoms with E-state index in [0.29, 0.717) is 18.9 Å². The average molecular weight is 547 g/mol. The van der Waals surface area contributed by atoms with Gasteiger partial charge in [0, 0.05) is 48.9 Å². The van der Waals surface area contributed by atoms with Gasteiger partial charge in [-0.05, 0) is 54.1 Å². The number of rotatable bonds is 8. The molecule has 1 unspecified atom stereocenters. The molecule has 0 saturated carbocycles. The van der Waals surface area contributed by atoms with E-state index in [2.05, 4.69) is 53.4 Å². The maximum Gasteiger partial charge on any atom is 0.224 e. The summed E-state index contributed by atoms with van der Waals surface area (Å²) >= 11 is 3.60. The van der Waals surface area contributed by atoms with Crippen molar-refractivity contribution in [2.45, 2.75) is 39.7 Å². The molecule has 1 atom stereocenters. The Morgan fingerprint density at radius 1 is 1.28 bits per heavy atom. The van der Waals surface area contributed by atoms with Crippen molar-refractivity contribution in [3.8, 4) is 0 Å². The third-order valence-electron chi connectivity index (χ3n) is 4.83. The summed E-state index contributed by atoms with van der Waals surface area (Å²) in [5.41, 5.74) is 1.31. The standard InChI is InChI=1S/C21H30N4OS2.HI/c1-3-22-21(24-14-16(2)13-18-5-4-11-27-18)23-9-6-20(26)25-10-7-19-17(15-25)8-12-28-19;/h4-5,8,11-12,16H,3,6-7,9-10,13-15H2,1-2H3,(H2,22,23,24);1H. The summed E-state index contributed by atoms with van der Waals surface area (Å²) in [6.07, 6.45) is 2.53. The van der Waals surface area contributed by atoms with Crippen LogP contribution < -0.4 is 10.6 Å². The Hall–Kier alpha value is -1.13. The maximum absolute atomic E-state index is 12.5. The maximum atomic E-state index is 12.5. The Morgan fingerprint density at radius 3 is 2.90 bits per heavy atom. The molecule has 2 aromatic heterocycles. The molecule has 0 spiro atoms. The van der Waals surface area contributed by atoms with Crippen LogP contribution in [0, 0.1) is 5.92 Å². The fourth-order valence-electron chi connectivity index (χ4n) is 3.33. The van der Waals surface area contributed by atoms with Crippen LogP contribution >= 0.6 is 46.7 Å². The Kier molecular flexibility index (Phi) is 10.4. The molecule has 5 nitrogen and oxygen atoms in total. The van der Waals surface area contributed by atoms with E-state index in [0.717, 1.165) is 45.0 Å². The predicted molar refractivity (Wildman–Crippen MR) is 135 cm³/mol. The molecule has 2 aromatic rings. The summed E-state index contributed by atoms with van der Waals surface area (Å²) in [6.45, 7) is 8.07. The van der Waals surface area contributed by atoms with Crippen molar-refractivity contribution >= 4 is 58.5 Å². The zero-order valence-electron chi connectivity index (χ0n) is 17.1. The van der Waals surface area contributed by atoms with Gasteiger partial charge in [-0.1, -0.05) is 13.0 Å². The van der Waals surface area contributed by atoms with E-state index in [9.17, 15) is 4.79 Å². The number of halogens is 1. The molecule has 3 rings (SSSR count). The first kappa shape index (κ1) is 24.1. The van der Waals surface area contributed by atoms with Crippen LogP contribution in [0.5, 0.6) is 0 Å². The molecule has 0 fully saturated rings. The number of amides is 1. The number of aliphatic imine (C=N–C) groups is 1. The lowest BCUT2D eigenvalue weighted by molar-refractivity contribution is -0.131. The Labute approximate surface area is 199 Å². The van der Waals surface area contributed by atoms with Crippen molar-refractivity contribution in [3.05, 3.63) is 44.3 Å². The van der Waals surface area contributed by atoms with Gasteiger partial charge in [0.1, 0.15) is 0 Å². The first-order valence-electron chi connectivity index (χ1n) is 10.0. The largest absolute Gasteiger partial charge is 0.357 e. The van der Waals surface area contributed by atoms with E-state index in [4.69, 9.17) is 4.99 Å². The van der Waals surface area contributed by atoms with Gasteiger partial charge in [-0.3, -0.25) is 9.79 Å². The lowest BCUT2D eigenvalue weighted by atomic mass is 10.1. The zero-order valence-corrected chi connectivity index (χ0v) is 21.1. The fraction of sp³-hybridized carbons (Fsp3) is 0.524. The average Bonchev–Trinajstić information content (AvgIpc) is 3.36. The third-order valence-corrected chi connectivity index (χ3v) is 6.75. The minimum Gasteiger partial charge on any atom is -0.357 e. The predicted octanol–water partition coefficient (Wildman–Crippen LogP) is 4.14. The van der Waals surface area contributed by atoms with Crippen LogP contribution in [0.15, 0.2) is 34.0 Å². The highest BCUT2D eigenvalue weighted by molar-refractivity contribution is 14.0. The number of fused-ring (bicyclic) bond motifs is 1. The first-order valence-corrected chi connectivity index (χ1v) is 11.8. The Bertz CT molecular complexity index is 776. The SMILES string of the molecule is CCNC(=NCC(C)Cc1cccs1)NCCC(=O)N1CCc2sccc2C1.I. The van der Waals surface area contributed by atoms with Gasteiger partial charge < -0.3 is 15.5 Å². The van der Waals surface area contributed by atoms with Crippen LogP contribution in [0.1, 0.15) is 35.6 Å². The van der Waals surface area contributed by atoms with E-state index in [1.54, 1.807) is 22.7 Å². The van der Waals surface area contributed by atoms with Gasteiger partial charge in [0.15, 0.2) is 5.96 Å². The summed E-state index contributed by atoms with van der Waals surface area (Å²) in [7, 11) is 0. The monoisotopic (exact) mass is 546 g/mol. The molecule has 8 heteroatoms. The smallest absolute Gasteiger partial charge is 0.224 e. The second-order valence-corrected chi connectivity index (χ2v) is 9.25. The van der Waals surface area contributed by atoms with Gasteiger partial charge >= 0.3 is 0 Å². The lowest BCUT2D eigenvalue weighted by Crippen LogP contribution is -2.41. The molecular weight excluding hydrogens is 515 g/mol. The molecule has 1 aliphatic heterocycles. The quantitative estimate of drug-likeness (QED) is 0.298. The molecule has 1 aliphatic rings. The summed E-state index contributed by atoms with van der Waals surface area (Å²) < 4.78 is 0. The fourth-order valence-corrected chi connectivity index (χ4v) is 5.09. The molecular formula is C21H31IN4OS2. The zero-order chi connectivity index (χ0) is 19.8. The number of carbonyl (C=O) groups is 1. The number of nitrogens with zero attached hydrogens (tertiary/aromatic N) is 2. The van der Waals surface area contributed by atoms with E-state index in [1.807, 2.05) is 4.90 Å². The van der Waals surface area contributed by atoms with E-state index in [1.165, 1.54) is 15.3 Å². The second-order valence-electron chi connectivity index (χ2n) is 7.22. The summed E-state index contributed by atoms with van der Waals surface area (Å²) in [4.78, 5) is 22.1. The van der Waals surface area contributed by atoms with Crippen LogP contribution in [-0.2, 0) is 24.2 Å². The van der Waals surface area contributed by atoms with E-state index < -0.39 is 0 Å². The van der Waals surface area contributed by atoms with Gasteiger partial charge in [-0.15, -0.1) is 46.7 Å². The van der Waals surface area contributed by atoms with Crippen LogP contribution in [0.4, 0.5) is 0 Å². The van der Waals surface area contributed by atoms with E-state index >= 15 is 0 Å². The first-order chi connectivity index (χ1) is 13.7. The summed E-state index contributed by atoms with van der Waals surface area (Å²) in [5.74, 6) is 1.50. The molecule has 1 amide bonds. The number of nitrogens with one attached hydrogen (secondary N) is 2. The van der Waals surface area contributed by atoms with Crippen molar-refractivity contribution in [2.75, 3.05) is 26.2 Å². The number of hydrogen-bond acceptors (Lipinski definition) is 4. The van der Waals surface area contributed by atoms with Crippen molar-refractivity contribution in [3.63, 3.8) is 0 Å². The number of guanidine groups is 1. The number of carbonyl (C=O) groups excluding carboxylic acids is 1. The van der Waals surface area contributed by atoms with Crippen molar-refractivity contribution in [2.24, 2.45) is 10.9 Å².